The first-order chi connectivity index (χ1) is 23.8. The van der Waals surface area contributed by atoms with E-state index < -0.39 is 11.9 Å². The number of amides is 2. The maximum atomic E-state index is 14.8. The second-order valence-corrected chi connectivity index (χ2v) is 13.0. The number of hydrogen-bond donors (Lipinski definition) is 5. The van der Waals surface area contributed by atoms with Gasteiger partial charge in [0.05, 0.1) is 16.1 Å². The third kappa shape index (κ3) is 8.91. The predicted octanol–water partition coefficient (Wildman–Crippen LogP) is 6.48. The number of aromatic nitrogens is 1. The van der Waals surface area contributed by atoms with Crippen LogP contribution >= 0.6 is 11.3 Å². The molecule has 12 heteroatoms. The summed E-state index contributed by atoms with van der Waals surface area (Å²) in [6.07, 6.45) is 1.46. The number of nitrogens with one attached hydrogen (secondary N) is 4. The fourth-order valence-electron chi connectivity index (χ4n) is 5.97. The van der Waals surface area contributed by atoms with E-state index in [0.29, 0.717) is 63.2 Å². The van der Waals surface area contributed by atoms with Crippen molar-refractivity contribution in [1.29, 1.82) is 0 Å². The molecule has 0 saturated carbocycles. The van der Waals surface area contributed by atoms with Gasteiger partial charge in [-0.15, -0.1) is 0 Å². The summed E-state index contributed by atoms with van der Waals surface area (Å²) in [5.74, 6) is -0.734. The van der Waals surface area contributed by atoms with Gasteiger partial charge in [-0.05, 0) is 66.8 Å². The van der Waals surface area contributed by atoms with Crippen molar-refractivity contribution in [2.45, 2.75) is 38.3 Å². The minimum Gasteiger partial charge on any atom is -0.506 e. The molecule has 0 spiro atoms. The molecule has 0 aliphatic carbocycles. The van der Waals surface area contributed by atoms with E-state index in [2.05, 4.69) is 25.8 Å². The second-order valence-electron chi connectivity index (χ2n) is 12.0. The predicted molar refractivity (Wildman–Crippen MR) is 191 cm³/mol. The number of aromatic hydroxyl groups is 1. The Morgan fingerprint density at radius 2 is 1.73 bits per heavy atom. The molecular weight excluding hydrogens is 646 g/mol. The summed E-state index contributed by atoms with van der Waals surface area (Å²) in [5, 5.41) is 18.8. The van der Waals surface area contributed by atoms with E-state index in [9.17, 15) is 23.9 Å². The molecule has 2 amide bonds. The van der Waals surface area contributed by atoms with E-state index >= 15 is 0 Å². The minimum absolute atomic E-state index is 0.0445. The highest BCUT2D eigenvalue weighted by Gasteiger charge is 2.23. The van der Waals surface area contributed by atoms with Crippen LogP contribution in [-0.2, 0) is 22.5 Å². The van der Waals surface area contributed by atoms with Gasteiger partial charge >= 0.3 is 11.0 Å². The Labute approximate surface area is 286 Å². The Kier molecular flexibility index (Phi) is 11.0. The van der Waals surface area contributed by atoms with Crippen molar-refractivity contribution < 1.29 is 23.8 Å². The number of carbonyl (C=O) groups is 2. The van der Waals surface area contributed by atoms with Crippen LogP contribution in [0.5, 0.6) is 5.75 Å². The number of nitrogens with zero attached hydrogens (tertiary/aromatic N) is 1. The fraction of sp³-hybridized carbons (Fsp3) is 0.270. The van der Waals surface area contributed by atoms with Crippen LogP contribution in [0.1, 0.15) is 30.4 Å². The zero-order valence-corrected chi connectivity index (χ0v) is 27.7. The molecule has 0 bridgehead atoms. The van der Waals surface area contributed by atoms with Gasteiger partial charge in [0.1, 0.15) is 23.2 Å². The van der Waals surface area contributed by atoms with Gasteiger partial charge in [0, 0.05) is 38.2 Å². The standard InChI is InChI=1S/C37H38FN5O5S/c38-29-22-24(23-39-18-14-26-11-13-32(44)34-35(26)49-37(47)42-34)10-12-31(29)40-33(45)17-21-43-19-15-27(16-20-43)48-36(46)41-30-9-5-4-8-28(30)25-6-2-1-3-7-25/h1-13,22,27,39,44H,14-21,23H2,(H,40,45)(H,41,46)(H,42,47). The maximum Gasteiger partial charge on any atom is 0.411 e. The lowest BCUT2D eigenvalue weighted by molar-refractivity contribution is -0.116. The number of likely N-dealkylation sites (tertiary alicyclic amines) is 1. The number of piperidine rings is 1. The lowest BCUT2D eigenvalue weighted by Crippen LogP contribution is -2.39. The van der Waals surface area contributed by atoms with Crippen LogP contribution in [0, 0.1) is 5.82 Å². The number of phenolic OH excluding ortho intramolecular Hbond substituents is 1. The van der Waals surface area contributed by atoms with E-state index in [-0.39, 0.29) is 34.7 Å². The number of ether oxygens (including phenoxy) is 1. The Hall–Kier alpha value is -5.04. The van der Waals surface area contributed by atoms with Crippen molar-refractivity contribution >= 4 is 44.9 Å². The normalized spacial score (nSPS) is 13.7. The van der Waals surface area contributed by atoms with Crippen molar-refractivity contribution in [3.05, 3.63) is 112 Å². The fourth-order valence-corrected chi connectivity index (χ4v) is 6.87. The first-order valence-corrected chi connectivity index (χ1v) is 17.1. The van der Waals surface area contributed by atoms with Gasteiger partial charge in [0.15, 0.2) is 0 Å². The molecule has 1 aromatic heterocycles. The molecule has 1 aliphatic rings. The van der Waals surface area contributed by atoms with Crippen molar-refractivity contribution in [3.63, 3.8) is 0 Å². The highest BCUT2D eigenvalue weighted by molar-refractivity contribution is 7.16. The van der Waals surface area contributed by atoms with Gasteiger partial charge in [-0.25, -0.2) is 9.18 Å². The molecule has 1 saturated heterocycles. The molecule has 254 valence electrons. The third-order valence-electron chi connectivity index (χ3n) is 8.56. The van der Waals surface area contributed by atoms with Gasteiger partial charge in [0.25, 0.3) is 0 Å². The number of thiazole rings is 1. The van der Waals surface area contributed by atoms with Crippen molar-refractivity contribution in [1.82, 2.24) is 15.2 Å². The number of para-hydroxylation sites is 1. The molecule has 4 aromatic carbocycles. The molecule has 0 unspecified atom stereocenters. The molecular formula is C37H38FN5O5S. The number of aromatic amines is 1. The van der Waals surface area contributed by atoms with Crippen LogP contribution in [0.2, 0.25) is 0 Å². The van der Waals surface area contributed by atoms with E-state index in [1.165, 1.54) is 6.07 Å². The number of halogens is 1. The van der Waals surface area contributed by atoms with Crippen LogP contribution in [0.15, 0.2) is 89.7 Å². The molecule has 5 N–H and O–H groups in total. The summed E-state index contributed by atoms with van der Waals surface area (Å²) in [5.41, 5.74) is 4.86. The summed E-state index contributed by atoms with van der Waals surface area (Å²) in [6, 6.07) is 25.6. The monoisotopic (exact) mass is 683 g/mol. The van der Waals surface area contributed by atoms with Gasteiger partial charge < -0.3 is 30.4 Å². The summed E-state index contributed by atoms with van der Waals surface area (Å²) in [6.45, 7) is 2.91. The molecule has 1 fully saturated rings. The van der Waals surface area contributed by atoms with Crippen LogP contribution in [-0.4, -0.2) is 59.3 Å². The molecule has 49 heavy (non-hydrogen) atoms. The van der Waals surface area contributed by atoms with E-state index in [4.69, 9.17) is 4.74 Å². The SMILES string of the molecule is O=C(CCN1CCC(OC(=O)Nc2ccccc2-c2ccccc2)CC1)Nc1ccc(CNCCc2ccc(O)c3[nH]c(=O)sc23)cc1F. The first-order valence-electron chi connectivity index (χ1n) is 16.3. The Morgan fingerprint density at radius 1 is 0.959 bits per heavy atom. The summed E-state index contributed by atoms with van der Waals surface area (Å²) < 4.78 is 21.3. The molecule has 1 aliphatic heterocycles. The molecule has 0 atom stereocenters. The lowest BCUT2D eigenvalue weighted by Gasteiger charge is -2.31. The summed E-state index contributed by atoms with van der Waals surface area (Å²) in [7, 11) is 0. The van der Waals surface area contributed by atoms with Crippen LogP contribution in [0.25, 0.3) is 21.3 Å². The Balaban J connectivity index is 0.891. The number of benzene rings is 4. The smallest absolute Gasteiger partial charge is 0.411 e. The summed E-state index contributed by atoms with van der Waals surface area (Å²) in [4.78, 5) is 41.6. The molecule has 0 radical (unpaired) electrons. The average Bonchev–Trinajstić information content (AvgIpc) is 3.51. The Morgan fingerprint density at radius 3 is 2.53 bits per heavy atom. The molecule has 2 heterocycles. The number of phenols is 1. The molecule has 5 aromatic rings. The minimum atomic E-state index is -0.507. The number of rotatable bonds is 12. The maximum absolute atomic E-state index is 14.8. The van der Waals surface area contributed by atoms with Crippen molar-refractivity contribution in [2.24, 2.45) is 0 Å². The highest BCUT2D eigenvalue weighted by atomic mass is 32.1. The quantitative estimate of drug-likeness (QED) is 0.0951. The van der Waals surface area contributed by atoms with Crippen molar-refractivity contribution in [3.8, 4) is 16.9 Å². The zero-order chi connectivity index (χ0) is 34.2. The first kappa shape index (κ1) is 33.8. The molecule has 10 nitrogen and oxygen atoms in total. The molecule has 6 rings (SSSR count). The zero-order valence-electron chi connectivity index (χ0n) is 26.8. The number of fused-ring (bicyclic) bond motifs is 1. The lowest BCUT2D eigenvalue weighted by atomic mass is 10.0. The van der Waals surface area contributed by atoms with E-state index in [1.807, 2.05) is 54.6 Å². The third-order valence-corrected chi connectivity index (χ3v) is 9.52. The Bertz CT molecular complexity index is 1970. The van der Waals surface area contributed by atoms with Crippen LogP contribution in [0.4, 0.5) is 20.6 Å². The van der Waals surface area contributed by atoms with E-state index in [1.54, 1.807) is 24.3 Å². The van der Waals surface area contributed by atoms with Crippen LogP contribution in [0.3, 0.4) is 0 Å². The largest absolute Gasteiger partial charge is 0.506 e. The van der Waals surface area contributed by atoms with Gasteiger partial charge in [-0.3, -0.25) is 14.9 Å². The van der Waals surface area contributed by atoms with Gasteiger partial charge in [-0.1, -0.05) is 72.0 Å². The van der Waals surface area contributed by atoms with Crippen molar-refractivity contribution in [2.75, 3.05) is 36.8 Å². The second kappa shape index (κ2) is 15.9. The topological polar surface area (TPSA) is 136 Å². The highest BCUT2D eigenvalue weighted by Crippen LogP contribution is 2.29. The summed E-state index contributed by atoms with van der Waals surface area (Å²) >= 11 is 1.06. The van der Waals surface area contributed by atoms with Gasteiger partial charge in [0.2, 0.25) is 5.91 Å². The van der Waals surface area contributed by atoms with Crippen LogP contribution < -0.4 is 20.8 Å². The average molecular weight is 684 g/mol. The number of hydrogen-bond acceptors (Lipinski definition) is 8. The van der Waals surface area contributed by atoms with E-state index in [0.717, 1.165) is 38.3 Å². The number of H-pyrrole nitrogens is 1. The number of carbonyl (C=O) groups excluding carboxylic acids is 2. The van der Waals surface area contributed by atoms with Gasteiger partial charge in [-0.2, -0.15) is 0 Å². The number of anilines is 2.